The number of aromatic hydroxyl groups is 1. The van der Waals surface area contributed by atoms with Crippen LogP contribution in [0.2, 0.25) is 0 Å². The lowest BCUT2D eigenvalue weighted by molar-refractivity contribution is 0.341. The monoisotopic (exact) mass is 271 g/mol. The standard InChI is InChI=1S/C13H21NO3S/c1-4-13(5-2,6-3)14-18(16,17)12-9-7-8-11(15)10-12/h7-10,14-15H,4-6H2,1-3H3. The second-order valence-corrected chi connectivity index (χ2v) is 6.13. The molecule has 2 N–H and O–H groups in total. The van der Waals surface area contributed by atoms with Gasteiger partial charge in [0.1, 0.15) is 5.75 Å². The Bertz CT molecular complexity index is 484. The molecule has 0 unspecified atom stereocenters. The van der Waals surface area contributed by atoms with Crippen molar-refractivity contribution in [2.45, 2.75) is 50.5 Å². The Kier molecular flexibility index (Phi) is 4.76. The molecule has 0 aliphatic rings. The van der Waals surface area contributed by atoms with Crippen molar-refractivity contribution in [1.29, 1.82) is 0 Å². The van der Waals surface area contributed by atoms with Crippen molar-refractivity contribution in [3.63, 3.8) is 0 Å². The van der Waals surface area contributed by atoms with E-state index in [0.29, 0.717) is 0 Å². The maximum atomic E-state index is 12.3. The van der Waals surface area contributed by atoms with E-state index < -0.39 is 15.6 Å². The highest BCUT2D eigenvalue weighted by atomic mass is 32.2. The Hall–Kier alpha value is -1.07. The van der Waals surface area contributed by atoms with Crippen LogP contribution in [0.15, 0.2) is 29.2 Å². The molecule has 1 aromatic carbocycles. The number of rotatable bonds is 6. The average molecular weight is 271 g/mol. The number of phenolic OH excluding ortho intramolecular Hbond substituents is 1. The van der Waals surface area contributed by atoms with Gasteiger partial charge >= 0.3 is 0 Å². The molecular weight excluding hydrogens is 250 g/mol. The first-order chi connectivity index (χ1) is 8.39. The van der Waals surface area contributed by atoms with E-state index in [2.05, 4.69) is 4.72 Å². The summed E-state index contributed by atoms with van der Waals surface area (Å²) in [7, 11) is -3.59. The second kappa shape index (κ2) is 5.71. The van der Waals surface area contributed by atoms with Crippen LogP contribution < -0.4 is 4.72 Å². The Morgan fingerprint density at radius 3 is 2.17 bits per heavy atom. The van der Waals surface area contributed by atoms with Crippen molar-refractivity contribution in [2.75, 3.05) is 0 Å². The first kappa shape index (κ1) is 15.0. The normalized spacial score (nSPS) is 12.6. The molecule has 0 spiro atoms. The number of benzene rings is 1. The summed E-state index contributed by atoms with van der Waals surface area (Å²) in [4.78, 5) is 0.0993. The molecule has 0 saturated carbocycles. The molecule has 18 heavy (non-hydrogen) atoms. The molecule has 0 saturated heterocycles. The van der Waals surface area contributed by atoms with Crippen molar-refractivity contribution in [1.82, 2.24) is 4.72 Å². The third-order valence-electron chi connectivity index (χ3n) is 3.51. The summed E-state index contributed by atoms with van der Waals surface area (Å²) >= 11 is 0. The van der Waals surface area contributed by atoms with Crippen LogP contribution in [-0.2, 0) is 10.0 Å². The molecule has 0 fully saturated rings. The predicted molar refractivity (Wildman–Crippen MR) is 72.0 cm³/mol. The summed E-state index contributed by atoms with van der Waals surface area (Å²) < 4.78 is 27.3. The lowest BCUT2D eigenvalue weighted by Crippen LogP contribution is -2.46. The third kappa shape index (κ3) is 3.23. The number of sulfonamides is 1. The zero-order valence-electron chi connectivity index (χ0n) is 11.1. The second-order valence-electron chi connectivity index (χ2n) is 4.44. The van der Waals surface area contributed by atoms with Gasteiger partial charge in [-0.2, -0.15) is 0 Å². The third-order valence-corrected chi connectivity index (χ3v) is 5.09. The molecule has 4 nitrogen and oxygen atoms in total. The summed E-state index contributed by atoms with van der Waals surface area (Å²) in [5.74, 6) is -0.0482. The van der Waals surface area contributed by atoms with Crippen molar-refractivity contribution >= 4 is 10.0 Å². The highest BCUT2D eigenvalue weighted by Gasteiger charge is 2.30. The van der Waals surface area contributed by atoms with Crippen LogP contribution in [0, 0.1) is 0 Å². The summed E-state index contributed by atoms with van der Waals surface area (Å²) in [5.41, 5.74) is -0.412. The molecule has 0 bridgehead atoms. The van der Waals surface area contributed by atoms with Crippen molar-refractivity contribution < 1.29 is 13.5 Å². The quantitative estimate of drug-likeness (QED) is 0.836. The largest absolute Gasteiger partial charge is 0.508 e. The predicted octanol–water partition coefficient (Wildman–Crippen LogP) is 2.64. The number of hydrogen-bond acceptors (Lipinski definition) is 3. The van der Waals surface area contributed by atoms with Crippen molar-refractivity contribution in [3.05, 3.63) is 24.3 Å². The van der Waals surface area contributed by atoms with Gasteiger partial charge in [-0.25, -0.2) is 13.1 Å². The van der Waals surface area contributed by atoms with Crippen LogP contribution in [0.25, 0.3) is 0 Å². The van der Waals surface area contributed by atoms with Crippen LogP contribution >= 0.6 is 0 Å². The topological polar surface area (TPSA) is 66.4 Å². The molecule has 0 heterocycles. The van der Waals surface area contributed by atoms with Crippen LogP contribution in [0.3, 0.4) is 0 Å². The molecule has 0 aliphatic carbocycles. The van der Waals surface area contributed by atoms with Gasteiger partial charge in [0.2, 0.25) is 10.0 Å². The van der Waals surface area contributed by atoms with E-state index in [4.69, 9.17) is 0 Å². The Morgan fingerprint density at radius 2 is 1.72 bits per heavy atom. The highest BCUT2D eigenvalue weighted by molar-refractivity contribution is 7.89. The maximum absolute atomic E-state index is 12.3. The van der Waals surface area contributed by atoms with Gasteiger partial charge in [-0.05, 0) is 37.5 Å². The van der Waals surface area contributed by atoms with Gasteiger partial charge in [-0.15, -0.1) is 0 Å². The van der Waals surface area contributed by atoms with E-state index in [1.807, 2.05) is 20.8 Å². The van der Waals surface area contributed by atoms with Gasteiger partial charge in [0.25, 0.3) is 0 Å². The Balaban J connectivity index is 3.08. The molecule has 102 valence electrons. The van der Waals surface area contributed by atoms with Crippen LogP contribution in [-0.4, -0.2) is 19.1 Å². The molecule has 0 atom stereocenters. The Labute approximate surface area is 109 Å². The SMILES string of the molecule is CCC(CC)(CC)NS(=O)(=O)c1cccc(O)c1. The Morgan fingerprint density at radius 1 is 1.17 bits per heavy atom. The van der Waals surface area contributed by atoms with Gasteiger partial charge in [0.15, 0.2) is 0 Å². The zero-order chi connectivity index (χ0) is 13.8. The van der Waals surface area contributed by atoms with Gasteiger partial charge in [0.05, 0.1) is 4.90 Å². The molecule has 0 aromatic heterocycles. The summed E-state index contributed by atoms with van der Waals surface area (Å²) in [6.45, 7) is 5.91. The van der Waals surface area contributed by atoms with E-state index in [0.717, 1.165) is 19.3 Å². The van der Waals surface area contributed by atoms with Gasteiger partial charge in [-0.1, -0.05) is 26.8 Å². The number of hydrogen-bond donors (Lipinski definition) is 2. The van der Waals surface area contributed by atoms with Crippen molar-refractivity contribution in [2.24, 2.45) is 0 Å². The van der Waals surface area contributed by atoms with Crippen molar-refractivity contribution in [3.8, 4) is 5.75 Å². The molecule has 1 aromatic rings. The minimum absolute atomic E-state index is 0.0482. The molecule has 0 aliphatic heterocycles. The zero-order valence-corrected chi connectivity index (χ0v) is 11.9. The summed E-state index contributed by atoms with van der Waals surface area (Å²) in [6.07, 6.45) is 2.20. The van der Waals surface area contributed by atoms with Crippen LogP contribution in [0.1, 0.15) is 40.0 Å². The molecule has 1 rings (SSSR count). The highest BCUT2D eigenvalue weighted by Crippen LogP contribution is 2.24. The number of nitrogens with one attached hydrogen (secondary N) is 1. The van der Waals surface area contributed by atoms with Gasteiger partial charge in [-0.3, -0.25) is 0 Å². The van der Waals surface area contributed by atoms with Gasteiger partial charge in [0, 0.05) is 5.54 Å². The average Bonchev–Trinajstić information content (AvgIpc) is 2.36. The molecule has 0 radical (unpaired) electrons. The van der Waals surface area contributed by atoms with E-state index in [1.165, 1.54) is 24.3 Å². The van der Waals surface area contributed by atoms with E-state index in [9.17, 15) is 13.5 Å². The molecule has 0 amide bonds. The fourth-order valence-electron chi connectivity index (χ4n) is 1.96. The lowest BCUT2D eigenvalue weighted by atomic mass is 9.91. The van der Waals surface area contributed by atoms with E-state index in [-0.39, 0.29) is 10.6 Å². The first-order valence-electron chi connectivity index (χ1n) is 6.22. The lowest BCUT2D eigenvalue weighted by Gasteiger charge is -2.31. The fourth-order valence-corrected chi connectivity index (χ4v) is 3.62. The fraction of sp³-hybridized carbons (Fsp3) is 0.538. The number of phenols is 1. The first-order valence-corrected chi connectivity index (χ1v) is 7.70. The molecular formula is C13H21NO3S. The van der Waals surface area contributed by atoms with Crippen LogP contribution in [0.5, 0.6) is 5.75 Å². The summed E-state index contributed by atoms with van der Waals surface area (Å²) in [5, 5.41) is 9.35. The van der Waals surface area contributed by atoms with Crippen LogP contribution in [0.4, 0.5) is 0 Å². The van der Waals surface area contributed by atoms with E-state index in [1.54, 1.807) is 0 Å². The maximum Gasteiger partial charge on any atom is 0.241 e. The minimum Gasteiger partial charge on any atom is -0.508 e. The smallest absolute Gasteiger partial charge is 0.241 e. The molecule has 5 heteroatoms. The minimum atomic E-state index is -3.59. The summed E-state index contributed by atoms with van der Waals surface area (Å²) in [6, 6.07) is 5.71. The van der Waals surface area contributed by atoms with E-state index >= 15 is 0 Å². The van der Waals surface area contributed by atoms with Gasteiger partial charge < -0.3 is 5.11 Å².